The number of rotatable bonds is 2. The minimum atomic E-state index is -0.561. The maximum Gasteiger partial charge on any atom is 0.135 e. The van der Waals surface area contributed by atoms with Gasteiger partial charge in [0.1, 0.15) is 11.2 Å². The summed E-state index contributed by atoms with van der Waals surface area (Å²) >= 11 is 0. The van der Waals surface area contributed by atoms with E-state index in [1.165, 1.54) is 6.07 Å². The molecule has 0 spiro atoms. The molecule has 0 unspecified atom stereocenters. The maximum absolute atomic E-state index is 9.26. The van der Waals surface area contributed by atoms with Gasteiger partial charge in [-0.1, -0.05) is 121 Å². The Bertz CT molecular complexity index is 3900. The Morgan fingerprint density at radius 1 is 0.356 bits per heavy atom. The van der Waals surface area contributed by atoms with Crippen molar-refractivity contribution in [2.75, 3.05) is 0 Å². The summed E-state index contributed by atoms with van der Waals surface area (Å²) in [7, 11) is 0. The van der Waals surface area contributed by atoms with E-state index in [0.29, 0.717) is 33.1 Å². The fourth-order valence-electron chi connectivity index (χ4n) is 6.73. The molecule has 0 aliphatic carbocycles. The van der Waals surface area contributed by atoms with Crippen LogP contribution in [0.2, 0.25) is 0 Å². The predicted molar refractivity (Wildman–Crippen MR) is 192 cm³/mol. The first-order valence-electron chi connectivity index (χ1n) is 22.7. The van der Waals surface area contributed by atoms with Crippen LogP contribution in [0.1, 0.15) is 23.3 Å². The topological polar surface area (TPSA) is 13.1 Å². The van der Waals surface area contributed by atoms with Gasteiger partial charge in [0, 0.05) is 10.8 Å². The van der Waals surface area contributed by atoms with E-state index in [1.807, 2.05) is 0 Å². The Morgan fingerprint density at radius 2 is 0.800 bits per heavy atom. The van der Waals surface area contributed by atoms with Crippen LogP contribution in [-0.2, 0) is 0 Å². The van der Waals surface area contributed by atoms with Gasteiger partial charge in [0.2, 0.25) is 0 Å². The van der Waals surface area contributed by atoms with Crippen LogP contribution >= 0.6 is 0 Å². The molecule has 0 saturated carbocycles. The molecule has 1 nitrogen and oxygen atoms in total. The summed E-state index contributed by atoms with van der Waals surface area (Å²) < 4.78 is 157. The van der Waals surface area contributed by atoms with E-state index in [-0.39, 0.29) is 99.9 Å². The van der Waals surface area contributed by atoms with Crippen LogP contribution in [0.3, 0.4) is 0 Å². The van der Waals surface area contributed by atoms with Crippen molar-refractivity contribution >= 4 is 86.6 Å². The third-order valence-electron chi connectivity index (χ3n) is 8.75. The smallest absolute Gasteiger partial charge is 0.135 e. The second-order valence-electron chi connectivity index (χ2n) is 11.1. The Kier molecular flexibility index (Phi) is 2.41. The van der Waals surface area contributed by atoms with Gasteiger partial charge in [-0.25, -0.2) is 0 Å². The highest BCUT2D eigenvalue weighted by Gasteiger charge is 2.16. The van der Waals surface area contributed by atoms with Crippen molar-refractivity contribution < 1.29 is 27.7 Å². The first kappa shape index (κ1) is 13.0. The number of furan rings is 1. The van der Waals surface area contributed by atoms with Crippen LogP contribution in [0, 0.1) is 0 Å². The number of fused-ring (bicyclic) bond motifs is 3. The lowest BCUT2D eigenvalue weighted by Crippen LogP contribution is -1.87. The minimum Gasteiger partial charge on any atom is -0.456 e. The van der Waals surface area contributed by atoms with Crippen LogP contribution in [0.15, 0.2) is 150 Å². The van der Waals surface area contributed by atoms with Gasteiger partial charge in [-0.15, -0.1) is 0 Å². The molecular weight excluding hydrogens is 544 g/mol. The van der Waals surface area contributed by atoms with Gasteiger partial charge < -0.3 is 4.42 Å². The lowest BCUT2D eigenvalue weighted by atomic mass is 9.89. The number of hydrogen-bond acceptors (Lipinski definition) is 1. The molecule has 206 valence electrons. The predicted octanol–water partition coefficient (Wildman–Crippen LogP) is 12.7. The molecule has 0 N–H and O–H groups in total. The van der Waals surface area contributed by atoms with Crippen molar-refractivity contribution in [2.24, 2.45) is 0 Å². The average Bonchev–Trinajstić information content (AvgIpc) is 3.61. The lowest BCUT2D eigenvalue weighted by molar-refractivity contribution is 0.669. The third kappa shape index (κ3) is 3.12. The van der Waals surface area contributed by atoms with Crippen LogP contribution in [0.25, 0.3) is 109 Å². The van der Waals surface area contributed by atoms with E-state index in [4.69, 9.17) is 22.2 Å². The van der Waals surface area contributed by atoms with E-state index in [9.17, 15) is 5.48 Å². The molecule has 0 amide bonds. The molecule has 0 aliphatic heterocycles. The number of benzene rings is 10. The minimum absolute atomic E-state index is 0.0110. The highest BCUT2D eigenvalue weighted by molar-refractivity contribution is 6.27. The van der Waals surface area contributed by atoms with E-state index in [0.717, 1.165) is 0 Å². The van der Waals surface area contributed by atoms with Gasteiger partial charge in [0.15, 0.2) is 0 Å². The molecule has 45 heavy (non-hydrogen) atoms. The zero-order chi connectivity index (χ0) is 44.0. The Hall–Kier alpha value is -5.92. The molecule has 0 atom stereocenters. The van der Waals surface area contributed by atoms with Crippen molar-refractivity contribution in [3.05, 3.63) is 145 Å². The summed E-state index contributed by atoms with van der Waals surface area (Å²) in [6, 6.07) is 4.15. The Balaban J connectivity index is 1.22. The summed E-state index contributed by atoms with van der Waals surface area (Å²) in [6.45, 7) is 0. The molecule has 11 aromatic rings. The molecule has 0 saturated heterocycles. The van der Waals surface area contributed by atoms with E-state index in [2.05, 4.69) is 0 Å². The standard InChI is InChI=1S/C44H24O/c1-3-25-7-9-29-11-17-33(35-19-13-27(5-1)41(25)43(29)35)31-15-21-39-37(23-31)38-24-32(16-22-40(38)45-39)34-18-12-30-10-8-26-4-2-6-28-14-20-36(34)44(30)42(26)28/h1-24H/i1D,2D,3D,4D,5D,6D,7D,8D,9D,10D,11D,13D,14D,17D,18D,19D,20D. The van der Waals surface area contributed by atoms with Crippen LogP contribution in [0.4, 0.5) is 0 Å². The monoisotopic (exact) mass is 585 g/mol. The summed E-state index contributed by atoms with van der Waals surface area (Å²) in [6.07, 6.45) is 0. The van der Waals surface area contributed by atoms with Gasteiger partial charge >= 0.3 is 0 Å². The van der Waals surface area contributed by atoms with Gasteiger partial charge in [-0.3, -0.25) is 0 Å². The second kappa shape index (κ2) is 8.37. The van der Waals surface area contributed by atoms with E-state index in [1.54, 1.807) is 36.4 Å². The number of hydrogen-bond donors (Lipinski definition) is 0. The van der Waals surface area contributed by atoms with Crippen LogP contribution in [0.5, 0.6) is 0 Å². The van der Waals surface area contributed by atoms with Crippen LogP contribution in [-0.4, -0.2) is 0 Å². The first-order chi connectivity index (χ1) is 29.4. The van der Waals surface area contributed by atoms with E-state index >= 15 is 0 Å². The lowest BCUT2D eigenvalue weighted by Gasteiger charge is -2.14. The van der Waals surface area contributed by atoms with Gasteiger partial charge in [-0.2, -0.15) is 0 Å². The highest BCUT2D eigenvalue weighted by atomic mass is 16.3. The zero-order valence-corrected chi connectivity index (χ0v) is 22.9. The summed E-state index contributed by atoms with van der Waals surface area (Å²) in [4.78, 5) is 0. The quantitative estimate of drug-likeness (QED) is 0.184. The second-order valence-corrected chi connectivity index (χ2v) is 11.1. The summed E-state index contributed by atoms with van der Waals surface area (Å²) in [5.74, 6) is 0. The highest BCUT2D eigenvalue weighted by Crippen LogP contribution is 2.43. The maximum atomic E-state index is 9.26. The third-order valence-corrected chi connectivity index (χ3v) is 8.75. The molecule has 1 aromatic heterocycles. The van der Waals surface area contributed by atoms with Crippen molar-refractivity contribution in [3.8, 4) is 22.3 Å². The largest absolute Gasteiger partial charge is 0.456 e. The van der Waals surface area contributed by atoms with Crippen LogP contribution < -0.4 is 0 Å². The molecule has 1 heteroatoms. The molecule has 10 aromatic carbocycles. The molecule has 1 heterocycles. The fraction of sp³-hybridized carbons (Fsp3) is 0. The molecule has 0 radical (unpaired) electrons. The van der Waals surface area contributed by atoms with Gasteiger partial charge in [0.25, 0.3) is 0 Å². The van der Waals surface area contributed by atoms with Crippen molar-refractivity contribution in [1.82, 2.24) is 0 Å². The zero-order valence-electron chi connectivity index (χ0n) is 39.9. The van der Waals surface area contributed by atoms with Crippen molar-refractivity contribution in [3.63, 3.8) is 0 Å². The SMILES string of the molecule is [2H]c1cc2c([2H])c([2H])c3c([2H])c([2H])c([2H])c4c([2H])c([2H])c(c1-c1ccc5oc6ccc(-c7c([2H])c([2H])c8c([2H])c([2H])c9c([2H])c([2H])c([2H])c%10c([2H])c([2H])c7c8c9%10)cc6c5c1)c2c34. The Morgan fingerprint density at radius 3 is 1.38 bits per heavy atom. The molecular formula is C44H24O. The summed E-state index contributed by atoms with van der Waals surface area (Å²) in [5, 5.41) is 1.11. The summed E-state index contributed by atoms with van der Waals surface area (Å²) in [5.41, 5.74) is 1.79. The van der Waals surface area contributed by atoms with Gasteiger partial charge in [-0.05, 0) is 111 Å². The van der Waals surface area contributed by atoms with E-state index < -0.39 is 78.6 Å². The molecule has 11 rings (SSSR count). The average molecular weight is 586 g/mol. The Labute approximate surface area is 282 Å². The van der Waals surface area contributed by atoms with Crippen molar-refractivity contribution in [2.45, 2.75) is 0 Å². The molecule has 0 bridgehead atoms. The fourth-order valence-corrected chi connectivity index (χ4v) is 6.73. The molecule has 0 aliphatic rings. The van der Waals surface area contributed by atoms with Crippen molar-refractivity contribution in [1.29, 1.82) is 0 Å². The normalized spacial score (nSPS) is 17.7. The molecule has 0 fully saturated rings. The first-order valence-corrected chi connectivity index (χ1v) is 14.2. The van der Waals surface area contributed by atoms with Gasteiger partial charge in [0.05, 0.1) is 23.3 Å².